The first-order valence-corrected chi connectivity index (χ1v) is 27.5. The summed E-state index contributed by atoms with van der Waals surface area (Å²) in [5.41, 5.74) is 1.22. The maximum Gasteiger partial charge on any atom is 0.326 e. The summed E-state index contributed by atoms with van der Waals surface area (Å²) in [7, 11) is 0. The SMILES string of the molecule is CC(C)C(NC(=O)CCCCCN1C(=O)C=CC1=O)C(=O)N[C@@H](C)C(=O)NCCCN(C(=O)CSCCC(=O)NCCC(=O)N[C@H](CCC(=O)O)C(=O)O)[C@@H](c1cc(-c2cc(F)ccc2F)cn1Cc1ccccc1)C(C)(C)C. The molecule has 4 rings (SSSR count). The Labute approximate surface area is 463 Å². The van der Waals surface area contributed by atoms with E-state index in [1.807, 2.05) is 55.7 Å². The topological polar surface area (TPSA) is 283 Å². The Balaban J connectivity index is 1.45. The van der Waals surface area contributed by atoms with E-state index in [0.29, 0.717) is 37.1 Å². The summed E-state index contributed by atoms with van der Waals surface area (Å²) < 4.78 is 32.0. The Morgan fingerprint density at radius 3 is 2.06 bits per heavy atom. The molecule has 430 valence electrons. The molecule has 0 saturated heterocycles. The molecule has 1 aromatic heterocycles. The lowest BCUT2D eigenvalue weighted by molar-refractivity contribution is -0.143. The molecular formula is C56H74F2N8O12S. The fourth-order valence-electron chi connectivity index (χ4n) is 8.76. The van der Waals surface area contributed by atoms with E-state index in [2.05, 4.69) is 26.6 Å². The Morgan fingerprint density at radius 1 is 0.734 bits per heavy atom. The number of thioether (sulfide) groups is 1. The summed E-state index contributed by atoms with van der Waals surface area (Å²) in [6.07, 6.45) is 4.94. The Morgan fingerprint density at radius 2 is 1.42 bits per heavy atom. The summed E-state index contributed by atoms with van der Waals surface area (Å²) >= 11 is 1.18. The molecule has 0 saturated carbocycles. The highest BCUT2D eigenvalue weighted by molar-refractivity contribution is 7.99. The first-order valence-electron chi connectivity index (χ1n) is 26.3. The van der Waals surface area contributed by atoms with Crippen LogP contribution in [0.15, 0.2) is 72.9 Å². The van der Waals surface area contributed by atoms with Crippen LogP contribution in [0.4, 0.5) is 8.78 Å². The lowest BCUT2D eigenvalue weighted by atomic mass is 9.83. The zero-order chi connectivity index (χ0) is 58.4. The minimum atomic E-state index is -1.41. The fraction of sp³-hybridized carbons (Fsp3) is 0.500. The largest absolute Gasteiger partial charge is 0.481 e. The van der Waals surface area contributed by atoms with E-state index in [1.165, 1.54) is 30.8 Å². The number of carboxylic acid groups (broad SMARTS) is 2. The maximum atomic E-state index is 15.4. The van der Waals surface area contributed by atoms with Crippen molar-refractivity contribution in [2.45, 2.75) is 130 Å². The molecule has 2 heterocycles. The number of amides is 8. The molecule has 3 aromatic rings. The van der Waals surface area contributed by atoms with Gasteiger partial charge >= 0.3 is 11.9 Å². The minimum Gasteiger partial charge on any atom is -0.481 e. The van der Waals surface area contributed by atoms with Crippen molar-refractivity contribution in [3.05, 3.63) is 95.8 Å². The van der Waals surface area contributed by atoms with Crippen LogP contribution in [0.1, 0.15) is 117 Å². The highest BCUT2D eigenvalue weighted by Gasteiger charge is 2.37. The number of benzene rings is 2. The lowest BCUT2D eigenvalue weighted by Gasteiger charge is -2.41. The summed E-state index contributed by atoms with van der Waals surface area (Å²) in [5, 5.41) is 31.3. The average molecular weight is 1120 g/mol. The molecule has 0 bridgehead atoms. The van der Waals surface area contributed by atoms with Crippen molar-refractivity contribution in [2.75, 3.05) is 37.7 Å². The maximum absolute atomic E-state index is 15.4. The number of nitrogens with zero attached hydrogens (tertiary/aromatic N) is 3. The van der Waals surface area contributed by atoms with Gasteiger partial charge in [0.05, 0.1) is 11.8 Å². The van der Waals surface area contributed by atoms with Crippen LogP contribution in [0.2, 0.25) is 0 Å². The van der Waals surface area contributed by atoms with E-state index >= 15 is 4.39 Å². The number of aromatic nitrogens is 1. The zero-order valence-corrected chi connectivity index (χ0v) is 46.4. The minimum absolute atomic E-state index is 0.0251. The predicted molar refractivity (Wildman–Crippen MR) is 292 cm³/mol. The van der Waals surface area contributed by atoms with Gasteiger partial charge in [0.15, 0.2) is 0 Å². The third kappa shape index (κ3) is 21.0. The second-order valence-corrected chi connectivity index (χ2v) is 21.8. The normalized spacial score (nSPS) is 13.8. The molecule has 79 heavy (non-hydrogen) atoms. The summed E-state index contributed by atoms with van der Waals surface area (Å²) in [6, 6.07) is 10.3. The second kappa shape index (κ2) is 31.2. The number of hydrogen-bond acceptors (Lipinski definition) is 11. The molecule has 1 unspecified atom stereocenters. The number of unbranched alkanes of at least 4 members (excludes halogenated alkanes) is 2. The van der Waals surface area contributed by atoms with Crippen molar-refractivity contribution in [2.24, 2.45) is 11.3 Å². The van der Waals surface area contributed by atoms with Gasteiger partial charge in [-0.25, -0.2) is 13.6 Å². The average Bonchev–Trinajstić information content (AvgIpc) is 3.99. The fourth-order valence-corrected chi connectivity index (χ4v) is 9.57. The lowest BCUT2D eigenvalue weighted by Crippen LogP contribution is -2.54. The first-order chi connectivity index (χ1) is 37.4. The third-order valence-electron chi connectivity index (χ3n) is 12.8. The van der Waals surface area contributed by atoms with Gasteiger partial charge in [0.2, 0.25) is 35.4 Å². The number of rotatable bonds is 33. The number of carboxylic acids is 2. The van der Waals surface area contributed by atoms with Gasteiger partial charge in [-0.2, -0.15) is 11.8 Å². The van der Waals surface area contributed by atoms with E-state index in [-0.39, 0.29) is 105 Å². The van der Waals surface area contributed by atoms with Crippen LogP contribution in [0, 0.1) is 23.0 Å². The van der Waals surface area contributed by atoms with Crippen molar-refractivity contribution < 1.29 is 66.9 Å². The highest BCUT2D eigenvalue weighted by atomic mass is 32.2. The van der Waals surface area contributed by atoms with E-state index in [0.717, 1.165) is 28.7 Å². The summed E-state index contributed by atoms with van der Waals surface area (Å²) in [6.45, 7) is 11.4. The highest BCUT2D eigenvalue weighted by Crippen LogP contribution is 2.41. The van der Waals surface area contributed by atoms with Gasteiger partial charge in [-0.15, -0.1) is 0 Å². The third-order valence-corrected chi connectivity index (χ3v) is 13.8. The van der Waals surface area contributed by atoms with E-state index in [9.17, 15) is 57.4 Å². The van der Waals surface area contributed by atoms with Crippen LogP contribution < -0.4 is 26.6 Å². The van der Waals surface area contributed by atoms with Crippen molar-refractivity contribution >= 4 is 71.0 Å². The molecule has 4 atom stereocenters. The number of imide groups is 1. The van der Waals surface area contributed by atoms with Gasteiger partial charge < -0.3 is 46.3 Å². The van der Waals surface area contributed by atoms with Gasteiger partial charge in [-0.05, 0) is 73.8 Å². The quantitative estimate of drug-likeness (QED) is 0.0309. The van der Waals surface area contributed by atoms with Crippen LogP contribution in [-0.4, -0.2) is 140 Å². The van der Waals surface area contributed by atoms with Gasteiger partial charge in [0, 0.05) is 99.3 Å². The monoisotopic (exact) mass is 1120 g/mol. The number of hydrogen-bond donors (Lipinski definition) is 7. The summed E-state index contributed by atoms with van der Waals surface area (Å²) in [5.74, 6) is -7.79. The van der Waals surface area contributed by atoms with Crippen molar-refractivity contribution in [3.8, 4) is 11.1 Å². The molecule has 7 N–H and O–H groups in total. The summed E-state index contributed by atoms with van der Waals surface area (Å²) in [4.78, 5) is 128. The van der Waals surface area contributed by atoms with E-state index in [1.54, 1.807) is 31.0 Å². The van der Waals surface area contributed by atoms with Crippen molar-refractivity contribution in [1.29, 1.82) is 0 Å². The number of halogens is 2. The zero-order valence-electron chi connectivity index (χ0n) is 45.6. The number of aliphatic carboxylic acids is 2. The van der Waals surface area contributed by atoms with E-state index in [4.69, 9.17) is 5.11 Å². The van der Waals surface area contributed by atoms with Gasteiger partial charge in [-0.1, -0.05) is 71.4 Å². The molecule has 0 radical (unpaired) electrons. The van der Waals surface area contributed by atoms with Gasteiger partial charge in [0.25, 0.3) is 11.8 Å². The van der Waals surface area contributed by atoms with Gasteiger partial charge in [-0.3, -0.25) is 48.1 Å². The van der Waals surface area contributed by atoms with Crippen LogP contribution >= 0.6 is 11.8 Å². The molecular weight excluding hydrogens is 1050 g/mol. The van der Waals surface area contributed by atoms with Gasteiger partial charge in [0.1, 0.15) is 29.8 Å². The molecule has 2 aromatic carbocycles. The standard InChI is InChI=1S/C56H74F2N8O12S/c1-35(2)51(63-45(68)16-11-8-12-27-65-47(70)20-21-48(65)71)54(76)61-36(3)53(75)60-25-13-28-66(49(72)34-79-29-24-44(67)59-26-23-46(69)62-42(55(77)78)19-22-50(73)74)52(56(4,5)6)43-30-38(40-31-39(57)17-18-41(40)58)33-64(43)32-37-14-9-7-10-15-37/h7,9-10,14-15,17-18,20-21,30-31,33,35-36,42,51-52H,8,11-13,16,19,22-29,32,34H2,1-6H3,(H,59,67)(H,60,75)(H,61,76)(H,62,69)(H,63,68)(H,73,74)(H,77,78)/t36-,42+,51?,52-/m0/s1. The molecule has 8 amide bonds. The van der Waals surface area contributed by atoms with Crippen molar-refractivity contribution in [3.63, 3.8) is 0 Å². The Hall–Kier alpha value is -7.43. The molecule has 1 aliphatic heterocycles. The molecule has 1 aliphatic rings. The van der Waals surface area contributed by atoms with Crippen LogP contribution in [0.5, 0.6) is 0 Å². The Kier molecular flexibility index (Phi) is 25.3. The molecule has 0 aliphatic carbocycles. The second-order valence-electron chi connectivity index (χ2n) is 20.7. The van der Waals surface area contributed by atoms with Crippen LogP contribution in [0.25, 0.3) is 11.1 Å². The molecule has 20 nitrogen and oxygen atoms in total. The molecule has 0 spiro atoms. The predicted octanol–water partition coefficient (Wildman–Crippen LogP) is 5.10. The number of nitrogens with one attached hydrogen (secondary N) is 5. The number of carbonyl (C=O) groups is 10. The van der Waals surface area contributed by atoms with E-state index < -0.39 is 83.2 Å². The molecule has 0 fully saturated rings. The smallest absolute Gasteiger partial charge is 0.326 e. The Bertz CT molecular complexity index is 2660. The van der Waals surface area contributed by atoms with Crippen molar-refractivity contribution in [1.82, 2.24) is 41.0 Å². The van der Waals surface area contributed by atoms with Crippen LogP contribution in [0.3, 0.4) is 0 Å². The first kappa shape index (κ1) is 64.1. The molecule has 23 heteroatoms. The van der Waals surface area contributed by atoms with Crippen LogP contribution in [-0.2, 0) is 54.5 Å². The number of carbonyl (C=O) groups excluding carboxylic acids is 8.